The zero-order valence-corrected chi connectivity index (χ0v) is 13.8. The van der Waals surface area contributed by atoms with Crippen LogP contribution >= 0.6 is 33.9 Å². The van der Waals surface area contributed by atoms with Crippen molar-refractivity contribution in [3.05, 3.63) is 43.4 Å². The van der Waals surface area contributed by atoms with Gasteiger partial charge in [0.1, 0.15) is 5.82 Å². The number of rotatable bonds is 3. The average molecular weight is 401 g/mol. The van der Waals surface area contributed by atoms with E-state index in [1.165, 1.54) is 15.8 Å². The van der Waals surface area contributed by atoms with Crippen LogP contribution in [-0.2, 0) is 13.0 Å². The van der Waals surface area contributed by atoms with Crippen LogP contribution in [0.25, 0.3) is 11.0 Å². The number of benzene rings is 1. The third-order valence-corrected chi connectivity index (χ3v) is 5.24. The first-order valence-electron chi connectivity index (χ1n) is 6.27. The van der Waals surface area contributed by atoms with E-state index in [9.17, 15) is 4.39 Å². The van der Waals surface area contributed by atoms with Crippen LogP contribution in [0.5, 0.6) is 0 Å². The number of imidazole rings is 1. The zero-order chi connectivity index (χ0) is 14.3. The number of fused-ring (bicyclic) bond motifs is 1. The number of aryl methyl sites for hydroxylation is 1. The summed E-state index contributed by atoms with van der Waals surface area (Å²) >= 11 is 3.72. The van der Waals surface area contributed by atoms with Crippen LogP contribution in [0.15, 0.2) is 24.3 Å². The summed E-state index contributed by atoms with van der Waals surface area (Å²) in [5.41, 5.74) is 7.45. The molecule has 0 aliphatic heterocycles. The number of nitrogens with two attached hydrogens (primary N) is 1. The lowest BCUT2D eigenvalue weighted by Crippen LogP contribution is -2.03. The molecule has 104 valence electrons. The van der Waals surface area contributed by atoms with E-state index in [2.05, 4.69) is 24.0 Å². The van der Waals surface area contributed by atoms with E-state index in [4.69, 9.17) is 5.73 Å². The molecule has 0 unspecified atom stereocenters. The molecule has 3 aromatic rings. The van der Waals surface area contributed by atoms with E-state index in [-0.39, 0.29) is 5.82 Å². The van der Waals surface area contributed by atoms with Crippen molar-refractivity contribution in [3.63, 3.8) is 0 Å². The van der Waals surface area contributed by atoms with Crippen LogP contribution in [0, 0.1) is 9.39 Å². The molecular weight excluding hydrogens is 388 g/mol. The number of thiophene rings is 1. The molecule has 20 heavy (non-hydrogen) atoms. The maximum Gasteiger partial charge on any atom is 0.201 e. The SMILES string of the molecule is CCc1ccc(Cn2c(N)nc3cc(I)c(F)cc32)s1. The van der Waals surface area contributed by atoms with E-state index in [1.807, 2.05) is 27.2 Å². The van der Waals surface area contributed by atoms with E-state index < -0.39 is 0 Å². The lowest BCUT2D eigenvalue weighted by Gasteiger charge is -2.05. The summed E-state index contributed by atoms with van der Waals surface area (Å²) in [5.74, 6) is 0.188. The van der Waals surface area contributed by atoms with E-state index in [1.54, 1.807) is 17.4 Å². The van der Waals surface area contributed by atoms with Gasteiger partial charge in [0.25, 0.3) is 0 Å². The number of hydrogen-bond donors (Lipinski definition) is 1. The Bertz CT molecular complexity index is 778. The van der Waals surface area contributed by atoms with Gasteiger partial charge in [-0.2, -0.15) is 0 Å². The Kier molecular flexibility index (Phi) is 3.68. The Morgan fingerprint density at radius 3 is 2.80 bits per heavy atom. The van der Waals surface area contributed by atoms with Gasteiger partial charge in [0, 0.05) is 15.8 Å². The maximum absolute atomic E-state index is 13.7. The van der Waals surface area contributed by atoms with Crippen molar-refractivity contribution in [2.45, 2.75) is 19.9 Å². The van der Waals surface area contributed by atoms with Crippen molar-refractivity contribution >= 4 is 50.9 Å². The Labute approximate surface area is 133 Å². The second-order valence-corrected chi connectivity index (χ2v) is 6.95. The number of anilines is 1. The molecule has 0 aliphatic carbocycles. The van der Waals surface area contributed by atoms with E-state index in [0.717, 1.165) is 17.5 Å². The summed E-state index contributed by atoms with van der Waals surface area (Å²) in [4.78, 5) is 6.85. The highest BCUT2D eigenvalue weighted by Gasteiger charge is 2.12. The fraction of sp³-hybridized carbons (Fsp3) is 0.214. The normalized spacial score (nSPS) is 11.3. The third-order valence-electron chi connectivity index (χ3n) is 3.20. The molecule has 0 fully saturated rings. The highest BCUT2D eigenvalue weighted by molar-refractivity contribution is 14.1. The molecule has 0 spiro atoms. The van der Waals surface area contributed by atoms with Crippen LogP contribution in [0.3, 0.4) is 0 Å². The molecule has 0 radical (unpaired) electrons. The predicted molar refractivity (Wildman–Crippen MR) is 89.6 cm³/mol. The second kappa shape index (κ2) is 5.33. The van der Waals surface area contributed by atoms with Crippen molar-refractivity contribution in [3.8, 4) is 0 Å². The summed E-state index contributed by atoms with van der Waals surface area (Å²) < 4.78 is 16.2. The molecular formula is C14H13FIN3S. The molecule has 0 saturated carbocycles. The third kappa shape index (κ3) is 2.42. The number of aromatic nitrogens is 2. The summed E-state index contributed by atoms with van der Waals surface area (Å²) in [6.45, 7) is 2.76. The molecule has 0 amide bonds. The van der Waals surface area contributed by atoms with Gasteiger partial charge in [-0.25, -0.2) is 9.37 Å². The van der Waals surface area contributed by atoms with Crippen LogP contribution < -0.4 is 5.73 Å². The smallest absolute Gasteiger partial charge is 0.201 e. The number of nitrogen functional groups attached to an aromatic ring is 1. The van der Waals surface area contributed by atoms with Gasteiger partial charge >= 0.3 is 0 Å². The first kappa shape index (κ1) is 13.8. The fourth-order valence-corrected chi connectivity index (χ4v) is 3.56. The highest BCUT2D eigenvalue weighted by atomic mass is 127. The van der Waals surface area contributed by atoms with Crippen molar-refractivity contribution in [1.29, 1.82) is 0 Å². The Balaban J connectivity index is 2.06. The summed E-state index contributed by atoms with van der Waals surface area (Å²) in [6.07, 6.45) is 1.03. The second-order valence-electron chi connectivity index (χ2n) is 4.53. The van der Waals surface area contributed by atoms with Crippen molar-refractivity contribution in [1.82, 2.24) is 9.55 Å². The molecule has 0 atom stereocenters. The standard InChI is InChI=1S/C14H13FIN3S/c1-2-8-3-4-9(20-8)7-19-13-5-10(15)11(16)6-12(13)18-14(19)17/h3-6H,2,7H2,1H3,(H2,17,18). The quantitative estimate of drug-likeness (QED) is 0.674. The minimum Gasteiger partial charge on any atom is -0.369 e. The zero-order valence-electron chi connectivity index (χ0n) is 10.9. The topological polar surface area (TPSA) is 43.8 Å². The minimum atomic E-state index is -0.236. The lowest BCUT2D eigenvalue weighted by atomic mass is 10.3. The van der Waals surface area contributed by atoms with Gasteiger partial charge in [0.15, 0.2) is 0 Å². The fourth-order valence-electron chi connectivity index (χ4n) is 2.16. The highest BCUT2D eigenvalue weighted by Crippen LogP contribution is 2.25. The molecule has 2 N–H and O–H groups in total. The Morgan fingerprint density at radius 1 is 1.35 bits per heavy atom. The molecule has 3 rings (SSSR count). The van der Waals surface area contributed by atoms with Gasteiger partial charge in [-0.15, -0.1) is 11.3 Å². The first-order chi connectivity index (χ1) is 9.58. The molecule has 1 aromatic carbocycles. The van der Waals surface area contributed by atoms with Crippen LogP contribution in [0.4, 0.5) is 10.3 Å². The van der Waals surface area contributed by atoms with Gasteiger partial charge in [-0.1, -0.05) is 6.92 Å². The van der Waals surface area contributed by atoms with E-state index >= 15 is 0 Å². The van der Waals surface area contributed by atoms with Crippen molar-refractivity contribution < 1.29 is 4.39 Å². The number of hydrogen-bond acceptors (Lipinski definition) is 3. The maximum atomic E-state index is 13.7. The summed E-state index contributed by atoms with van der Waals surface area (Å²) in [5, 5.41) is 0. The van der Waals surface area contributed by atoms with E-state index in [0.29, 0.717) is 16.1 Å². The lowest BCUT2D eigenvalue weighted by molar-refractivity contribution is 0.621. The van der Waals surface area contributed by atoms with Gasteiger partial charge in [-0.05, 0) is 47.2 Å². The molecule has 2 aromatic heterocycles. The largest absolute Gasteiger partial charge is 0.369 e. The van der Waals surface area contributed by atoms with Gasteiger partial charge in [-0.3, -0.25) is 0 Å². The molecule has 0 bridgehead atoms. The van der Waals surface area contributed by atoms with Gasteiger partial charge in [0.2, 0.25) is 5.95 Å². The Hall–Kier alpha value is -1.15. The van der Waals surface area contributed by atoms with Crippen LogP contribution in [0.2, 0.25) is 0 Å². The summed E-state index contributed by atoms with van der Waals surface area (Å²) in [6, 6.07) is 7.45. The van der Waals surface area contributed by atoms with Gasteiger partial charge < -0.3 is 10.3 Å². The Morgan fingerprint density at radius 2 is 2.10 bits per heavy atom. The number of nitrogens with zero attached hydrogens (tertiary/aromatic N) is 2. The first-order valence-corrected chi connectivity index (χ1v) is 8.16. The van der Waals surface area contributed by atoms with Crippen LogP contribution in [-0.4, -0.2) is 9.55 Å². The predicted octanol–water partition coefficient (Wildman–Crippen LogP) is 4.03. The molecule has 0 aliphatic rings. The van der Waals surface area contributed by atoms with Crippen LogP contribution in [0.1, 0.15) is 16.7 Å². The molecule has 3 nitrogen and oxygen atoms in total. The molecule has 6 heteroatoms. The van der Waals surface area contributed by atoms with Gasteiger partial charge in [0.05, 0.1) is 21.1 Å². The molecule has 0 saturated heterocycles. The van der Waals surface area contributed by atoms with Crippen molar-refractivity contribution in [2.75, 3.05) is 5.73 Å². The molecule has 2 heterocycles. The summed E-state index contributed by atoms with van der Waals surface area (Å²) in [7, 11) is 0. The number of halogens is 2. The van der Waals surface area contributed by atoms with Crippen molar-refractivity contribution in [2.24, 2.45) is 0 Å². The minimum absolute atomic E-state index is 0.236. The average Bonchev–Trinajstić information content (AvgIpc) is 2.98. The monoisotopic (exact) mass is 401 g/mol.